The third kappa shape index (κ3) is 9.05. The Morgan fingerprint density at radius 1 is 0.944 bits per heavy atom. The molecule has 4 aromatic rings. The number of amides is 2. The molecule has 15 heteroatoms. The van der Waals surface area contributed by atoms with E-state index in [0.29, 0.717) is 30.0 Å². The SMILES string of the molecule is Cc1cc(Nc2ncc(Cl)c(Nc3ccccc3S(=O)(=O)C(C)C)n2)c(OC(C)C)cc1N1CCN(Cc2ccccc2NC2CCC(=O)NC2=O)CC1. The van der Waals surface area contributed by atoms with Crippen molar-refractivity contribution in [2.75, 3.05) is 47.0 Å². The number of nitrogens with one attached hydrogen (secondary N) is 4. The molecule has 2 saturated heterocycles. The lowest BCUT2D eigenvalue weighted by Crippen LogP contribution is -2.48. The Morgan fingerprint density at radius 2 is 1.65 bits per heavy atom. The fourth-order valence-corrected chi connectivity index (χ4v) is 7.85. The van der Waals surface area contributed by atoms with Crippen molar-refractivity contribution < 1.29 is 22.7 Å². The number of imide groups is 1. The number of carbonyl (C=O) groups excluding carboxylic acids is 2. The van der Waals surface area contributed by atoms with Crippen LogP contribution in [0.1, 0.15) is 51.7 Å². The predicted molar refractivity (Wildman–Crippen MR) is 213 cm³/mol. The number of hydrogen-bond acceptors (Lipinski definition) is 12. The van der Waals surface area contributed by atoms with Crippen molar-refractivity contribution >= 4 is 67.8 Å². The number of piperazine rings is 1. The number of piperidine rings is 1. The molecule has 0 radical (unpaired) electrons. The van der Waals surface area contributed by atoms with Gasteiger partial charge in [-0.3, -0.25) is 19.8 Å². The minimum absolute atomic E-state index is 0.102. The van der Waals surface area contributed by atoms with E-state index in [1.54, 1.807) is 38.1 Å². The van der Waals surface area contributed by atoms with Crippen LogP contribution in [0.3, 0.4) is 0 Å². The first-order valence-corrected chi connectivity index (χ1v) is 20.1. The normalized spacial score (nSPS) is 16.7. The Labute approximate surface area is 321 Å². The summed E-state index contributed by atoms with van der Waals surface area (Å²) in [6.45, 7) is 13.3. The molecular weight excluding hydrogens is 728 g/mol. The van der Waals surface area contributed by atoms with E-state index in [9.17, 15) is 18.0 Å². The van der Waals surface area contributed by atoms with Crippen LogP contribution in [-0.4, -0.2) is 78.7 Å². The quantitative estimate of drug-likeness (QED) is 0.111. The molecule has 2 fully saturated rings. The summed E-state index contributed by atoms with van der Waals surface area (Å²) in [6, 6.07) is 18.3. The summed E-state index contributed by atoms with van der Waals surface area (Å²) in [5, 5.41) is 11.8. The molecular formula is C39H47ClN8O5S. The van der Waals surface area contributed by atoms with Crippen LogP contribution in [0.2, 0.25) is 5.02 Å². The molecule has 54 heavy (non-hydrogen) atoms. The Kier molecular flexibility index (Phi) is 11.9. The van der Waals surface area contributed by atoms with Crippen LogP contribution >= 0.6 is 11.6 Å². The highest BCUT2D eigenvalue weighted by Gasteiger charge is 2.28. The number of para-hydroxylation sites is 2. The minimum Gasteiger partial charge on any atom is -0.489 e. The molecule has 1 atom stereocenters. The van der Waals surface area contributed by atoms with Crippen LogP contribution in [0.4, 0.5) is 34.5 Å². The molecule has 3 heterocycles. The largest absolute Gasteiger partial charge is 0.489 e. The molecule has 0 saturated carbocycles. The molecule has 2 aliphatic heterocycles. The highest BCUT2D eigenvalue weighted by Crippen LogP contribution is 2.37. The standard InChI is InChI=1S/C39H47ClN8O5S/c1-24(2)53-34-21-33(48-18-16-47(17-19-48)23-27-10-6-7-11-29(27)42-31-14-15-36(49)45-38(31)50)26(5)20-32(34)44-39-41-22-28(40)37(46-39)43-30-12-8-9-13-35(30)54(51,52)25(3)4/h6-13,20-22,24-25,31,42H,14-19,23H2,1-5H3,(H,45,49,50)(H2,41,43,44,46). The van der Waals surface area contributed by atoms with E-state index in [2.05, 4.69) is 60.1 Å². The van der Waals surface area contributed by atoms with E-state index in [1.807, 2.05) is 38.1 Å². The van der Waals surface area contributed by atoms with Gasteiger partial charge in [0, 0.05) is 56.6 Å². The van der Waals surface area contributed by atoms with Crippen LogP contribution in [0.5, 0.6) is 5.75 Å². The summed E-state index contributed by atoms with van der Waals surface area (Å²) in [6.07, 6.45) is 2.16. The van der Waals surface area contributed by atoms with Crippen molar-refractivity contribution in [1.82, 2.24) is 20.2 Å². The number of rotatable bonds is 13. The molecule has 4 N–H and O–H groups in total. The van der Waals surface area contributed by atoms with Gasteiger partial charge in [-0.15, -0.1) is 0 Å². The topological polar surface area (TPSA) is 158 Å². The molecule has 3 aromatic carbocycles. The number of ether oxygens (including phenoxy) is 1. The number of aryl methyl sites for hydroxylation is 1. The average molecular weight is 775 g/mol. The molecule has 0 aliphatic carbocycles. The van der Waals surface area contributed by atoms with Crippen LogP contribution in [0.15, 0.2) is 71.8 Å². The first-order chi connectivity index (χ1) is 25.8. The van der Waals surface area contributed by atoms with Crippen molar-refractivity contribution in [3.63, 3.8) is 0 Å². The van der Waals surface area contributed by atoms with Gasteiger partial charge in [-0.2, -0.15) is 4.98 Å². The second-order valence-corrected chi connectivity index (χ2v) is 17.0. The molecule has 0 spiro atoms. The maximum absolute atomic E-state index is 13.1. The van der Waals surface area contributed by atoms with Crippen LogP contribution in [0, 0.1) is 6.92 Å². The van der Waals surface area contributed by atoms with E-state index in [1.165, 1.54) is 6.20 Å². The molecule has 2 amide bonds. The summed E-state index contributed by atoms with van der Waals surface area (Å²) in [7, 11) is -3.57. The van der Waals surface area contributed by atoms with Gasteiger partial charge in [0.1, 0.15) is 16.8 Å². The zero-order valence-corrected chi connectivity index (χ0v) is 32.7. The lowest BCUT2D eigenvalue weighted by molar-refractivity contribution is -0.133. The van der Waals surface area contributed by atoms with Crippen LogP contribution in [-0.2, 0) is 26.0 Å². The summed E-state index contributed by atoms with van der Waals surface area (Å²) in [4.78, 5) is 38.0. The molecule has 1 aromatic heterocycles. The number of anilines is 6. The first-order valence-electron chi connectivity index (χ1n) is 18.1. The van der Waals surface area contributed by atoms with Gasteiger partial charge in [0.15, 0.2) is 15.7 Å². The third-order valence-electron chi connectivity index (χ3n) is 9.41. The number of halogens is 1. The molecule has 13 nitrogen and oxygen atoms in total. The number of hydrogen-bond donors (Lipinski definition) is 4. The Bertz CT molecular complexity index is 2120. The summed E-state index contributed by atoms with van der Waals surface area (Å²) in [5.41, 5.74) is 5.16. The maximum atomic E-state index is 13.1. The van der Waals surface area contributed by atoms with Crippen LogP contribution in [0.25, 0.3) is 0 Å². The second kappa shape index (κ2) is 16.6. The lowest BCUT2D eigenvalue weighted by Gasteiger charge is -2.37. The highest BCUT2D eigenvalue weighted by atomic mass is 35.5. The van der Waals surface area contributed by atoms with Gasteiger partial charge < -0.3 is 25.6 Å². The number of nitrogens with zero attached hydrogens (tertiary/aromatic N) is 4. The molecule has 286 valence electrons. The number of aromatic nitrogens is 2. The Hall–Kier alpha value is -4.92. The van der Waals surface area contributed by atoms with E-state index in [4.69, 9.17) is 16.3 Å². The van der Waals surface area contributed by atoms with E-state index in [0.717, 1.165) is 55.2 Å². The van der Waals surface area contributed by atoms with Gasteiger partial charge in [0.25, 0.3) is 0 Å². The van der Waals surface area contributed by atoms with Gasteiger partial charge in [-0.05, 0) is 76.4 Å². The van der Waals surface area contributed by atoms with Gasteiger partial charge in [-0.1, -0.05) is 41.9 Å². The van der Waals surface area contributed by atoms with Gasteiger partial charge >= 0.3 is 0 Å². The summed E-state index contributed by atoms with van der Waals surface area (Å²) < 4.78 is 32.4. The van der Waals surface area contributed by atoms with Crippen molar-refractivity contribution in [3.8, 4) is 5.75 Å². The second-order valence-electron chi connectivity index (χ2n) is 14.1. The first kappa shape index (κ1) is 38.8. The monoisotopic (exact) mass is 774 g/mol. The van der Waals surface area contributed by atoms with E-state index >= 15 is 0 Å². The third-order valence-corrected chi connectivity index (χ3v) is 11.9. The van der Waals surface area contributed by atoms with Crippen molar-refractivity contribution in [2.45, 2.75) is 76.3 Å². The highest BCUT2D eigenvalue weighted by molar-refractivity contribution is 7.92. The Morgan fingerprint density at radius 3 is 2.35 bits per heavy atom. The fraction of sp³-hybridized carbons (Fsp3) is 0.385. The predicted octanol–water partition coefficient (Wildman–Crippen LogP) is 6.43. The lowest BCUT2D eigenvalue weighted by atomic mass is 10.0. The van der Waals surface area contributed by atoms with Gasteiger partial charge in [0.2, 0.25) is 17.8 Å². The molecule has 0 bridgehead atoms. The van der Waals surface area contributed by atoms with Gasteiger partial charge in [-0.25, -0.2) is 13.4 Å². The maximum Gasteiger partial charge on any atom is 0.249 e. The number of sulfone groups is 1. The summed E-state index contributed by atoms with van der Waals surface area (Å²) >= 11 is 6.50. The molecule has 1 unspecified atom stereocenters. The number of benzene rings is 3. The minimum atomic E-state index is -3.57. The fourth-order valence-electron chi connectivity index (χ4n) is 6.51. The molecule has 2 aliphatic rings. The average Bonchev–Trinajstić information content (AvgIpc) is 3.13. The van der Waals surface area contributed by atoms with Crippen LogP contribution < -0.4 is 30.9 Å². The van der Waals surface area contributed by atoms with Crippen molar-refractivity contribution in [2.24, 2.45) is 0 Å². The zero-order chi connectivity index (χ0) is 38.6. The summed E-state index contributed by atoms with van der Waals surface area (Å²) in [5.74, 6) is 0.642. The van der Waals surface area contributed by atoms with E-state index in [-0.39, 0.29) is 39.6 Å². The van der Waals surface area contributed by atoms with E-state index < -0.39 is 21.1 Å². The Balaban J connectivity index is 1.16. The number of carbonyl (C=O) groups is 2. The smallest absolute Gasteiger partial charge is 0.249 e. The van der Waals surface area contributed by atoms with Gasteiger partial charge in [0.05, 0.1) is 33.8 Å². The molecule has 6 rings (SSSR count). The van der Waals surface area contributed by atoms with Crippen molar-refractivity contribution in [1.29, 1.82) is 0 Å². The van der Waals surface area contributed by atoms with Crippen molar-refractivity contribution in [3.05, 3.63) is 83.0 Å². The zero-order valence-electron chi connectivity index (χ0n) is 31.1.